The van der Waals surface area contributed by atoms with Gasteiger partial charge in [-0.25, -0.2) is 9.18 Å². The molecule has 0 aliphatic rings. The van der Waals surface area contributed by atoms with Gasteiger partial charge in [0.25, 0.3) is 0 Å². The third-order valence-corrected chi connectivity index (χ3v) is 3.01. The molecule has 0 radical (unpaired) electrons. The van der Waals surface area contributed by atoms with E-state index in [-0.39, 0.29) is 17.1 Å². The summed E-state index contributed by atoms with van der Waals surface area (Å²) in [6, 6.07) is 6.68. The van der Waals surface area contributed by atoms with Crippen molar-refractivity contribution >= 4 is 27.7 Å². The Morgan fingerprint density at radius 2 is 2.05 bits per heavy atom. The molecule has 1 aromatic heterocycles. The molecule has 0 atom stereocenters. The first-order valence-electron chi connectivity index (χ1n) is 5.80. The Bertz CT molecular complexity index is 680. The molecule has 1 heterocycles. The summed E-state index contributed by atoms with van der Waals surface area (Å²) >= 11 is 3.04. The smallest absolute Gasteiger partial charge is 0.374 e. The molecule has 7 heteroatoms. The molecule has 0 saturated heterocycles. The fraction of sp³-hybridized carbons (Fsp3) is 0.143. The van der Waals surface area contributed by atoms with E-state index in [1.165, 1.54) is 31.4 Å². The summed E-state index contributed by atoms with van der Waals surface area (Å²) in [4.78, 5) is 23.4. The van der Waals surface area contributed by atoms with Gasteiger partial charge in [0, 0.05) is 5.56 Å². The second-order valence-electron chi connectivity index (χ2n) is 3.95. The molecule has 2 aromatic rings. The van der Waals surface area contributed by atoms with Crippen molar-refractivity contribution in [1.82, 2.24) is 0 Å². The van der Waals surface area contributed by atoms with Crippen LogP contribution < -0.4 is 4.74 Å². The summed E-state index contributed by atoms with van der Waals surface area (Å²) in [7, 11) is 1.32. The molecule has 1 aromatic carbocycles. The molecule has 0 aliphatic carbocycles. The van der Waals surface area contributed by atoms with Crippen LogP contribution in [0.1, 0.15) is 20.9 Å². The van der Waals surface area contributed by atoms with Crippen LogP contribution in [-0.2, 0) is 4.74 Å². The van der Waals surface area contributed by atoms with Crippen LogP contribution in [0, 0.1) is 5.82 Å². The number of carbonyl (C=O) groups excluding carboxylic acids is 2. The lowest BCUT2D eigenvalue weighted by molar-refractivity contribution is 0.0442. The maximum atomic E-state index is 13.5. The fourth-order valence-corrected chi connectivity index (χ4v) is 1.86. The standard InChI is InChI=1S/C14H10BrFO5/c1-19-11-3-2-8(6-9(11)16)10(17)7-20-14(18)12-4-5-13(15)21-12/h2-6H,7H2,1H3. The molecule has 21 heavy (non-hydrogen) atoms. The molecule has 0 saturated carbocycles. The number of ketones is 1. The second-order valence-corrected chi connectivity index (χ2v) is 4.73. The first kappa shape index (κ1) is 15.2. The number of halogens is 2. The Balaban J connectivity index is 1.98. The number of hydrogen-bond acceptors (Lipinski definition) is 5. The number of esters is 1. The van der Waals surface area contributed by atoms with Crippen LogP contribution in [0.15, 0.2) is 39.4 Å². The van der Waals surface area contributed by atoms with Gasteiger partial charge in [0.15, 0.2) is 28.6 Å². The van der Waals surface area contributed by atoms with Crippen LogP contribution in [0.4, 0.5) is 4.39 Å². The largest absolute Gasteiger partial charge is 0.494 e. The van der Waals surface area contributed by atoms with Gasteiger partial charge in [0.1, 0.15) is 0 Å². The van der Waals surface area contributed by atoms with Crippen LogP contribution in [0.25, 0.3) is 0 Å². The van der Waals surface area contributed by atoms with E-state index in [0.29, 0.717) is 4.67 Å². The van der Waals surface area contributed by atoms with Crippen LogP contribution in [0.5, 0.6) is 5.75 Å². The van der Waals surface area contributed by atoms with Gasteiger partial charge < -0.3 is 13.9 Å². The van der Waals surface area contributed by atoms with E-state index in [2.05, 4.69) is 15.9 Å². The van der Waals surface area contributed by atoms with Gasteiger partial charge in [0.05, 0.1) is 7.11 Å². The third kappa shape index (κ3) is 3.69. The second kappa shape index (κ2) is 6.53. The van der Waals surface area contributed by atoms with E-state index in [0.717, 1.165) is 6.07 Å². The number of carbonyl (C=O) groups is 2. The van der Waals surface area contributed by atoms with Gasteiger partial charge in [-0.2, -0.15) is 0 Å². The molecule has 5 nitrogen and oxygen atoms in total. The van der Waals surface area contributed by atoms with Gasteiger partial charge in [-0.3, -0.25) is 4.79 Å². The first-order chi connectivity index (χ1) is 10.0. The van der Waals surface area contributed by atoms with Crippen LogP contribution in [-0.4, -0.2) is 25.5 Å². The zero-order valence-corrected chi connectivity index (χ0v) is 12.5. The summed E-state index contributed by atoms with van der Waals surface area (Å²) in [6.45, 7) is -0.511. The Hall–Kier alpha value is -2.15. The first-order valence-corrected chi connectivity index (χ1v) is 6.59. The molecule has 110 valence electrons. The predicted octanol–water partition coefficient (Wildman–Crippen LogP) is 3.23. The predicted molar refractivity (Wildman–Crippen MR) is 74.0 cm³/mol. The molecular weight excluding hydrogens is 347 g/mol. The number of rotatable bonds is 5. The highest BCUT2D eigenvalue weighted by molar-refractivity contribution is 9.10. The lowest BCUT2D eigenvalue weighted by Crippen LogP contribution is -2.14. The normalized spacial score (nSPS) is 10.2. The number of ether oxygens (including phenoxy) is 2. The monoisotopic (exact) mass is 356 g/mol. The lowest BCUT2D eigenvalue weighted by Gasteiger charge is -2.05. The van der Waals surface area contributed by atoms with E-state index in [4.69, 9.17) is 13.9 Å². The van der Waals surface area contributed by atoms with Gasteiger partial charge >= 0.3 is 5.97 Å². The Morgan fingerprint density at radius 1 is 1.29 bits per heavy atom. The number of methoxy groups -OCH3 is 1. The molecule has 0 spiro atoms. The fourth-order valence-electron chi connectivity index (χ4n) is 1.55. The highest BCUT2D eigenvalue weighted by Crippen LogP contribution is 2.18. The van der Waals surface area contributed by atoms with Gasteiger partial charge in [0.2, 0.25) is 5.76 Å². The summed E-state index contributed by atoms with van der Waals surface area (Å²) in [5, 5.41) is 0. The molecular formula is C14H10BrFO5. The van der Waals surface area contributed by atoms with Crippen molar-refractivity contribution in [2.24, 2.45) is 0 Å². The Kier molecular flexibility index (Phi) is 4.74. The van der Waals surface area contributed by atoms with Crippen LogP contribution in [0.2, 0.25) is 0 Å². The Labute approximate surface area is 127 Å². The van der Waals surface area contributed by atoms with Crippen molar-refractivity contribution < 1.29 is 27.9 Å². The third-order valence-electron chi connectivity index (χ3n) is 2.58. The van der Waals surface area contributed by atoms with Crippen molar-refractivity contribution in [2.45, 2.75) is 0 Å². The average molecular weight is 357 g/mol. The number of hydrogen-bond donors (Lipinski definition) is 0. The lowest BCUT2D eigenvalue weighted by atomic mass is 10.1. The SMILES string of the molecule is COc1ccc(C(=O)COC(=O)c2ccc(Br)o2)cc1F. The highest BCUT2D eigenvalue weighted by Gasteiger charge is 2.16. The molecule has 0 unspecified atom stereocenters. The minimum atomic E-state index is -0.775. The quantitative estimate of drug-likeness (QED) is 0.607. The van der Waals surface area contributed by atoms with Crippen LogP contribution in [0.3, 0.4) is 0 Å². The van der Waals surface area contributed by atoms with Crippen molar-refractivity contribution in [2.75, 3.05) is 13.7 Å². The molecule has 0 aliphatic heterocycles. The van der Waals surface area contributed by atoms with E-state index in [9.17, 15) is 14.0 Å². The molecule has 0 fully saturated rings. The summed E-state index contributed by atoms with van der Waals surface area (Å²) in [5.41, 5.74) is 0.0849. The molecule has 0 amide bonds. The Morgan fingerprint density at radius 3 is 2.62 bits per heavy atom. The van der Waals surface area contributed by atoms with Crippen LogP contribution >= 0.6 is 15.9 Å². The van der Waals surface area contributed by atoms with E-state index >= 15 is 0 Å². The van der Waals surface area contributed by atoms with Gasteiger partial charge in [-0.1, -0.05) is 0 Å². The number of furan rings is 1. The van der Waals surface area contributed by atoms with E-state index < -0.39 is 24.2 Å². The zero-order valence-electron chi connectivity index (χ0n) is 10.9. The van der Waals surface area contributed by atoms with Crippen molar-refractivity contribution in [3.05, 3.63) is 52.1 Å². The summed E-state index contributed by atoms with van der Waals surface area (Å²) in [6.07, 6.45) is 0. The van der Waals surface area contributed by atoms with E-state index in [1.807, 2.05) is 0 Å². The highest BCUT2D eigenvalue weighted by atomic mass is 79.9. The minimum absolute atomic E-state index is 0.0315. The molecule has 0 N–H and O–H groups in total. The number of benzene rings is 1. The van der Waals surface area contributed by atoms with Gasteiger partial charge in [-0.05, 0) is 46.3 Å². The van der Waals surface area contributed by atoms with E-state index in [1.54, 1.807) is 0 Å². The average Bonchev–Trinajstić information content (AvgIpc) is 2.91. The molecule has 0 bridgehead atoms. The van der Waals surface area contributed by atoms with Crippen molar-refractivity contribution in [1.29, 1.82) is 0 Å². The van der Waals surface area contributed by atoms with Gasteiger partial charge in [-0.15, -0.1) is 0 Å². The summed E-state index contributed by atoms with van der Waals surface area (Å²) < 4.78 is 28.4. The number of Topliss-reactive ketones (excluding diaryl/α,β-unsaturated/α-hetero) is 1. The topological polar surface area (TPSA) is 65.7 Å². The minimum Gasteiger partial charge on any atom is -0.494 e. The maximum absolute atomic E-state index is 13.5. The van der Waals surface area contributed by atoms with Crippen molar-refractivity contribution in [3.8, 4) is 5.75 Å². The maximum Gasteiger partial charge on any atom is 0.374 e. The van der Waals surface area contributed by atoms with Crippen molar-refractivity contribution in [3.63, 3.8) is 0 Å². The zero-order chi connectivity index (χ0) is 15.4. The summed E-state index contributed by atoms with van der Waals surface area (Å²) in [5.74, 6) is -1.97. The molecule has 2 rings (SSSR count).